The minimum atomic E-state index is -0.193. The summed E-state index contributed by atoms with van der Waals surface area (Å²) in [6.07, 6.45) is 1.09. The molecule has 0 aliphatic rings. The minimum absolute atomic E-state index is 0.193. The maximum absolute atomic E-state index is 13.7. The van der Waals surface area contributed by atoms with E-state index in [0.717, 1.165) is 40.7 Å². The van der Waals surface area contributed by atoms with Crippen molar-refractivity contribution >= 4 is 11.3 Å². The predicted octanol–water partition coefficient (Wildman–Crippen LogP) is 3.90. The molecule has 0 amide bonds. The third-order valence-corrected chi connectivity index (χ3v) is 4.34. The summed E-state index contributed by atoms with van der Waals surface area (Å²) in [4.78, 5) is 5.76. The second kappa shape index (κ2) is 7.64. The number of aromatic nitrogens is 1. The van der Waals surface area contributed by atoms with Crippen molar-refractivity contribution in [2.45, 2.75) is 33.4 Å². The summed E-state index contributed by atoms with van der Waals surface area (Å²) in [6, 6.07) is 5.25. The molecular weight excluding hydrogens is 287 g/mol. The van der Waals surface area contributed by atoms with Crippen LogP contribution in [-0.2, 0) is 17.9 Å². The molecule has 2 rings (SSSR count). The first-order valence-electron chi connectivity index (χ1n) is 7.10. The van der Waals surface area contributed by atoms with Crippen molar-refractivity contribution in [3.05, 3.63) is 40.2 Å². The molecular formula is C16H21FN2OS. The summed E-state index contributed by atoms with van der Waals surface area (Å²) in [5.74, 6) is -0.193. The van der Waals surface area contributed by atoms with Crippen molar-refractivity contribution in [1.82, 2.24) is 10.3 Å². The molecule has 0 atom stereocenters. The first kappa shape index (κ1) is 16.1. The van der Waals surface area contributed by atoms with Gasteiger partial charge in [0.05, 0.1) is 12.3 Å². The summed E-state index contributed by atoms with van der Waals surface area (Å²) >= 11 is 1.60. The molecule has 1 heterocycles. The summed E-state index contributed by atoms with van der Waals surface area (Å²) < 4.78 is 18.9. The normalized spacial score (nSPS) is 11.0. The highest BCUT2D eigenvalue weighted by molar-refractivity contribution is 7.15. The van der Waals surface area contributed by atoms with Crippen molar-refractivity contribution in [3.63, 3.8) is 0 Å². The smallest absolute Gasteiger partial charge is 0.126 e. The summed E-state index contributed by atoms with van der Waals surface area (Å²) in [5, 5.41) is 4.22. The molecule has 0 aliphatic heterocycles. The van der Waals surface area contributed by atoms with Gasteiger partial charge in [-0.15, -0.1) is 11.3 Å². The Labute approximate surface area is 129 Å². The third-order valence-electron chi connectivity index (χ3n) is 3.19. The van der Waals surface area contributed by atoms with Crippen LogP contribution in [0.2, 0.25) is 0 Å². The Bertz CT molecular complexity index is 598. The summed E-state index contributed by atoms with van der Waals surface area (Å²) in [6.45, 7) is 6.12. The Morgan fingerprint density at radius 2 is 2.19 bits per heavy atom. The molecule has 1 aromatic heterocycles. The van der Waals surface area contributed by atoms with Crippen LogP contribution in [0.5, 0.6) is 0 Å². The average molecular weight is 308 g/mol. The van der Waals surface area contributed by atoms with Gasteiger partial charge in [0.1, 0.15) is 10.8 Å². The van der Waals surface area contributed by atoms with Gasteiger partial charge in [-0.3, -0.25) is 0 Å². The number of benzene rings is 1. The highest BCUT2D eigenvalue weighted by Gasteiger charge is 2.13. The number of methoxy groups -OCH3 is 1. The molecule has 1 N–H and O–H groups in total. The van der Waals surface area contributed by atoms with E-state index in [1.54, 1.807) is 37.5 Å². The van der Waals surface area contributed by atoms with Gasteiger partial charge >= 0.3 is 0 Å². The van der Waals surface area contributed by atoms with Crippen LogP contribution < -0.4 is 5.32 Å². The Morgan fingerprint density at radius 1 is 1.38 bits per heavy atom. The second-order valence-corrected chi connectivity index (χ2v) is 6.05. The maximum Gasteiger partial charge on any atom is 0.126 e. The molecule has 3 nitrogen and oxygen atoms in total. The van der Waals surface area contributed by atoms with Crippen LogP contribution in [0.15, 0.2) is 18.2 Å². The summed E-state index contributed by atoms with van der Waals surface area (Å²) in [7, 11) is 1.66. The van der Waals surface area contributed by atoms with E-state index >= 15 is 0 Å². The lowest BCUT2D eigenvalue weighted by Gasteiger charge is -2.02. The minimum Gasteiger partial charge on any atom is -0.378 e. The average Bonchev–Trinajstić information content (AvgIpc) is 2.86. The van der Waals surface area contributed by atoms with Crippen molar-refractivity contribution in [3.8, 4) is 10.6 Å². The molecule has 0 saturated heterocycles. The topological polar surface area (TPSA) is 34.2 Å². The molecule has 5 heteroatoms. The van der Waals surface area contributed by atoms with Crippen molar-refractivity contribution in [2.75, 3.05) is 13.7 Å². The molecule has 0 radical (unpaired) electrons. The fourth-order valence-electron chi connectivity index (χ4n) is 2.00. The molecule has 1 aromatic carbocycles. The standard InChI is InChI=1S/C16H21FN2OS/c1-4-7-18-9-15-14(10-20-3)19-16(21-15)12-6-5-11(2)13(17)8-12/h5-6,8,18H,4,7,9-10H2,1-3H3. The van der Waals surface area contributed by atoms with Gasteiger partial charge in [-0.1, -0.05) is 19.1 Å². The molecule has 0 bridgehead atoms. The molecule has 0 aliphatic carbocycles. The SMILES string of the molecule is CCCNCc1sc(-c2ccc(C)c(F)c2)nc1COC. The third kappa shape index (κ3) is 4.09. The van der Waals surface area contributed by atoms with Gasteiger partial charge in [0.15, 0.2) is 0 Å². The van der Waals surface area contributed by atoms with Crippen molar-refractivity contribution in [1.29, 1.82) is 0 Å². The van der Waals surface area contributed by atoms with Gasteiger partial charge in [0.2, 0.25) is 0 Å². The summed E-state index contributed by atoms with van der Waals surface area (Å²) in [5.41, 5.74) is 2.40. The van der Waals surface area contributed by atoms with Crippen molar-refractivity contribution < 1.29 is 9.13 Å². The van der Waals surface area contributed by atoms with Crippen LogP contribution in [0.4, 0.5) is 4.39 Å². The fraction of sp³-hybridized carbons (Fsp3) is 0.438. The van der Waals surface area contributed by atoms with Crippen LogP contribution in [0, 0.1) is 12.7 Å². The molecule has 114 valence electrons. The zero-order chi connectivity index (χ0) is 15.2. The van der Waals surface area contributed by atoms with E-state index < -0.39 is 0 Å². The van der Waals surface area contributed by atoms with Crippen LogP contribution in [0.25, 0.3) is 10.6 Å². The fourth-order valence-corrected chi connectivity index (χ4v) is 3.03. The van der Waals surface area contributed by atoms with Crippen LogP contribution in [-0.4, -0.2) is 18.6 Å². The number of hydrogen-bond acceptors (Lipinski definition) is 4. The van der Waals surface area contributed by atoms with E-state index in [-0.39, 0.29) is 5.82 Å². The number of nitrogens with one attached hydrogen (secondary N) is 1. The van der Waals surface area contributed by atoms with E-state index in [1.165, 1.54) is 0 Å². The van der Waals surface area contributed by atoms with Gasteiger partial charge < -0.3 is 10.1 Å². The zero-order valence-corrected chi connectivity index (χ0v) is 13.5. The molecule has 0 unspecified atom stereocenters. The Balaban J connectivity index is 2.26. The van der Waals surface area contributed by atoms with Gasteiger partial charge in [-0.25, -0.2) is 9.37 Å². The molecule has 0 spiro atoms. The van der Waals surface area contributed by atoms with Gasteiger partial charge in [-0.05, 0) is 31.5 Å². The lowest BCUT2D eigenvalue weighted by atomic mass is 10.1. The van der Waals surface area contributed by atoms with Gasteiger partial charge in [0.25, 0.3) is 0 Å². The van der Waals surface area contributed by atoms with E-state index in [4.69, 9.17) is 4.74 Å². The van der Waals surface area contributed by atoms with Crippen LogP contribution in [0.1, 0.15) is 29.5 Å². The number of thiazole rings is 1. The van der Waals surface area contributed by atoms with E-state index in [1.807, 2.05) is 6.07 Å². The van der Waals surface area contributed by atoms with Crippen LogP contribution >= 0.6 is 11.3 Å². The lowest BCUT2D eigenvalue weighted by molar-refractivity contribution is 0.181. The first-order valence-corrected chi connectivity index (χ1v) is 7.92. The Kier molecular flexibility index (Phi) is 5.85. The second-order valence-electron chi connectivity index (χ2n) is 4.96. The highest BCUT2D eigenvalue weighted by Crippen LogP contribution is 2.29. The number of hydrogen-bond donors (Lipinski definition) is 1. The zero-order valence-electron chi connectivity index (χ0n) is 12.7. The highest BCUT2D eigenvalue weighted by atomic mass is 32.1. The van der Waals surface area contributed by atoms with Gasteiger partial charge in [-0.2, -0.15) is 0 Å². The number of rotatable bonds is 7. The van der Waals surface area contributed by atoms with Gasteiger partial charge in [0, 0.05) is 24.1 Å². The maximum atomic E-state index is 13.7. The van der Waals surface area contributed by atoms with Crippen LogP contribution in [0.3, 0.4) is 0 Å². The monoisotopic (exact) mass is 308 g/mol. The van der Waals surface area contributed by atoms with E-state index in [9.17, 15) is 4.39 Å². The molecule has 0 saturated carbocycles. The van der Waals surface area contributed by atoms with Crippen molar-refractivity contribution in [2.24, 2.45) is 0 Å². The lowest BCUT2D eigenvalue weighted by Crippen LogP contribution is -2.14. The first-order chi connectivity index (χ1) is 10.2. The Hall–Kier alpha value is -1.30. The van der Waals surface area contributed by atoms with E-state index in [0.29, 0.717) is 12.2 Å². The predicted molar refractivity (Wildman–Crippen MR) is 85.0 cm³/mol. The molecule has 0 fully saturated rings. The molecule has 21 heavy (non-hydrogen) atoms. The quantitative estimate of drug-likeness (QED) is 0.788. The molecule has 2 aromatic rings. The number of aryl methyl sites for hydroxylation is 1. The van der Waals surface area contributed by atoms with E-state index in [2.05, 4.69) is 17.2 Å². The number of ether oxygens (including phenoxy) is 1. The largest absolute Gasteiger partial charge is 0.378 e. The number of halogens is 1. The Morgan fingerprint density at radius 3 is 2.86 bits per heavy atom. The number of nitrogens with zero attached hydrogens (tertiary/aromatic N) is 1.